The van der Waals surface area contributed by atoms with Crippen molar-refractivity contribution in [1.29, 1.82) is 0 Å². The Hall–Kier alpha value is -1.89. The van der Waals surface area contributed by atoms with Crippen LogP contribution in [0.2, 0.25) is 0 Å². The summed E-state index contributed by atoms with van der Waals surface area (Å²) in [4.78, 5) is 26.1. The summed E-state index contributed by atoms with van der Waals surface area (Å²) in [7, 11) is 0. The standard InChI is InChI=1S/C21H34N4O3/c1-5-24(6-2)21(26)25-11-7-8-16(14-25)28-20-17-9-12-27-13-10-18(17)22-19(23-20)15(3)4/h15-16H,5-14H2,1-4H3. The molecule has 1 unspecified atom stereocenters. The molecule has 3 rings (SSSR count). The lowest BCUT2D eigenvalue weighted by Crippen LogP contribution is -2.50. The first-order chi connectivity index (χ1) is 13.5. The van der Waals surface area contributed by atoms with Gasteiger partial charge in [-0.1, -0.05) is 13.8 Å². The number of rotatable bonds is 5. The van der Waals surface area contributed by atoms with Crippen LogP contribution in [-0.2, 0) is 17.6 Å². The van der Waals surface area contributed by atoms with Crippen LogP contribution in [-0.4, -0.2) is 71.3 Å². The van der Waals surface area contributed by atoms with Gasteiger partial charge in [0.2, 0.25) is 5.88 Å². The molecule has 7 nitrogen and oxygen atoms in total. The van der Waals surface area contributed by atoms with E-state index in [2.05, 4.69) is 13.8 Å². The van der Waals surface area contributed by atoms with Crippen molar-refractivity contribution in [3.63, 3.8) is 0 Å². The summed E-state index contributed by atoms with van der Waals surface area (Å²) in [5.74, 6) is 1.76. The molecule has 28 heavy (non-hydrogen) atoms. The molecule has 0 aliphatic carbocycles. The lowest BCUT2D eigenvalue weighted by atomic mass is 10.1. The second kappa shape index (κ2) is 9.54. The minimum Gasteiger partial charge on any atom is -0.472 e. The summed E-state index contributed by atoms with van der Waals surface area (Å²) in [5.41, 5.74) is 2.13. The van der Waals surface area contributed by atoms with Crippen LogP contribution in [0.4, 0.5) is 4.79 Å². The molecule has 7 heteroatoms. The fraction of sp³-hybridized carbons (Fsp3) is 0.762. The largest absolute Gasteiger partial charge is 0.472 e. The number of nitrogens with zero attached hydrogens (tertiary/aromatic N) is 4. The third-order valence-electron chi connectivity index (χ3n) is 5.53. The Bertz CT molecular complexity index is 676. The third kappa shape index (κ3) is 4.74. The fourth-order valence-corrected chi connectivity index (χ4v) is 3.84. The number of hydrogen-bond donors (Lipinski definition) is 0. The predicted octanol–water partition coefficient (Wildman–Crippen LogP) is 3.02. The van der Waals surface area contributed by atoms with Crippen molar-refractivity contribution in [1.82, 2.24) is 19.8 Å². The van der Waals surface area contributed by atoms with Gasteiger partial charge in [-0.15, -0.1) is 0 Å². The summed E-state index contributed by atoms with van der Waals surface area (Å²) in [6.45, 7) is 12.5. The zero-order valence-corrected chi connectivity index (χ0v) is 17.7. The number of likely N-dealkylation sites (tertiary alicyclic amines) is 1. The number of ether oxygens (including phenoxy) is 2. The van der Waals surface area contributed by atoms with Gasteiger partial charge in [0.1, 0.15) is 11.9 Å². The number of hydrogen-bond acceptors (Lipinski definition) is 5. The summed E-state index contributed by atoms with van der Waals surface area (Å²) in [6, 6.07) is 0.107. The van der Waals surface area contributed by atoms with Gasteiger partial charge in [-0.25, -0.2) is 9.78 Å². The number of piperidine rings is 1. The van der Waals surface area contributed by atoms with E-state index in [0.717, 1.165) is 62.4 Å². The minimum atomic E-state index is -0.0311. The maximum absolute atomic E-state index is 12.7. The van der Waals surface area contributed by atoms with Gasteiger partial charge in [-0.3, -0.25) is 0 Å². The highest BCUT2D eigenvalue weighted by atomic mass is 16.5. The number of carbonyl (C=O) groups excluding carboxylic acids is 1. The van der Waals surface area contributed by atoms with E-state index in [1.54, 1.807) is 0 Å². The Kier molecular flexibility index (Phi) is 7.10. The van der Waals surface area contributed by atoms with E-state index in [1.165, 1.54) is 0 Å². The normalized spacial score (nSPS) is 19.9. The molecular formula is C21H34N4O3. The van der Waals surface area contributed by atoms with Crippen LogP contribution in [0.15, 0.2) is 0 Å². The molecule has 2 aliphatic heterocycles. The zero-order chi connectivity index (χ0) is 20.1. The van der Waals surface area contributed by atoms with E-state index < -0.39 is 0 Å². The van der Waals surface area contributed by atoms with E-state index in [-0.39, 0.29) is 18.1 Å². The van der Waals surface area contributed by atoms with Crippen molar-refractivity contribution in [3.05, 3.63) is 17.1 Å². The molecule has 1 saturated heterocycles. The Morgan fingerprint density at radius 3 is 2.71 bits per heavy atom. The molecule has 0 bridgehead atoms. The number of fused-ring (bicyclic) bond motifs is 1. The van der Waals surface area contributed by atoms with Gasteiger partial charge in [0, 0.05) is 44.0 Å². The molecule has 0 aromatic carbocycles. The number of aromatic nitrogens is 2. The molecule has 1 fully saturated rings. The van der Waals surface area contributed by atoms with Gasteiger partial charge in [-0.2, -0.15) is 4.98 Å². The zero-order valence-electron chi connectivity index (χ0n) is 17.7. The van der Waals surface area contributed by atoms with Crippen LogP contribution >= 0.6 is 0 Å². The molecule has 1 atom stereocenters. The van der Waals surface area contributed by atoms with E-state index in [9.17, 15) is 4.79 Å². The molecule has 0 saturated carbocycles. The first-order valence-corrected chi connectivity index (χ1v) is 10.7. The molecule has 2 amide bonds. The molecule has 0 N–H and O–H groups in total. The molecule has 0 radical (unpaired) electrons. The molecule has 2 aliphatic rings. The Morgan fingerprint density at radius 1 is 1.25 bits per heavy atom. The Morgan fingerprint density at radius 2 is 2.00 bits per heavy atom. The highest BCUT2D eigenvalue weighted by Gasteiger charge is 2.29. The second-order valence-corrected chi connectivity index (χ2v) is 7.86. The van der Waals surface area contributed by atoms with Crippen molar-refractivity contribution in [2.75, 3.05) is 39.4 Å². The van der Waals surface area contributed by atoms with Crippen molar-refractivity contribution in [3.8, 4) is 5.88 Å². The van der Waals surface area contributed by atoms with Gasteiger partial charge in [0.25, 0.3) is 0 Å². The maximum Gasteiger partial charge on any atom is 0.320 e. The molecule has 0 spiro atoms. The Balaban J connectivity index is 1.78. The average Bonchev–Trinajstić information content (AvgIpc) is 2.94. The van der Waals surface area contributed by atoms with Gasteiger partial charge in [0.05, 0.1) is 25.5 Å². The third-order valence-corrected chi connectivity index (χ3v) is 5.53. The van der Waals surface area contributed by atoms with Gasteiger partial charge in [0.15, 0.2) is 0 Å². The molecule has 3 heterocycles. The van der Waals surface area contributed by atoms with Crippen molar-refractivity contribution in [2.24, 2.45) is 0 Å². The van der Waals surface area contributed by atoms with Crippen LogP contribution in [0.5, 0.6) is 5.88 Å². The first kappa shape index (κ1) is 20.8. The van der Waals surface area contributed by atoms with Gasteiger partial charge < -0.3 is 19.3 Å². The summed E-state index contributed by atoms with van der Waals surface area (Å²) < 4.78 is 12.0. The van der Waals surface area contributed by atoms with Crippen LogP contribution in [0.25, 0.3) is 0 Å². The fourth-order valence-electron chi connectivity index (χ4n) is 3.84. The lowest BCUT2D eigenvalue weighted by molar-refractivity contribution is 0.0824. The lowest BCUT2D eigenvalue weighted by Gasteiger charge is -2.36. The maximum atomic E-state index is 12.7. The van der Waals surface area contributed by atoms with E-state index in [1.807, 2.05) is 23.6 Å². The molecule has 1 aromatic rings. The van der Waals surface area contributed by atoms with Gasteiger partial charge in [-0.05, 0) is 26.7 Å². The summed E-state index contributed by atoms with van der Waals surface area (Å²) >= 11 is 0. The van der Waals surface area contributed by atoms with Crippen molar-refractivity contribution in [2.45, 2.75) is 65.4 Å². The van der Waals surface area contributed by atoms with Gasteiger partial charge >= 0.3 is 6.03 Å². The number of amides is 2. The Labute approximate surface area is 168 Å². The van der Waals surface area contributed by atoms with Crippen LogP contribution in [0, 0.1) is 0 Å². The summed E-state index contributed by atoms with van der Waals surface area (Å²) in [5, 5.41) is 0. The summed E-state index contributed by atoms with van der Waals surface area (Å²) in [6.07, 6.45) is 3.43. The smallest absolute Gasteiger partial charge is 0.320 e. The predicted molar refractivity (Wildman–Crippen MR) is 108 cm³/mol. The molecular weight excluding hydrogens is 356 g/mol. The highest BCUT2D eigenvalue weighted by molar-refractivity contribution is 5.74. The number of carbonyl (C=O) groups is 1. The van der Waals surface area contributed by atoms with E-state index in [0.29, 0.717) is 25.6 Å². The van der Waals surface area contributed by atoms with E-state index >= 15 is 0 Å². The topological polar surface area (TPSA) is 67.8 Å². The second-order valence-electron chi connectivity index (χ2n) is 7.86. The quantitative estimate of drug-likeness (QED) is 0.773. The SMILES string of the molecule is CCN(CC)C(=O)N1CCCC(Oc2nc(C(C)C)nc3c2CCOCC3)C1. The molecule has 156 valence electrons. The monoisotopic (exact) mass is 390 g/mol. The highest BCUT2D eigenvalue weighted by Crippen LogP contribution is 2.27. The van der Waals surface area contributed by atoms with E-state index in [4.69, 9.17) is 19.4 Å². The average molecular weight is 391 g/mol. The van der Waals surface area contributed by atoms with Crippen molar-refractivity contribution >= 4 is 6.03 Å². The first-order valence-electron chi connectivity index (χ1n) is 10.7. The molecule has 1 aromatic heterocycles. The minimum absolute atomic E-state index is 0.0311. The van der Waals surface area contributed by atoms with Crippen LogP contribution in [0.1, 0.15) is 63.5 Å². The van der Waals surface area contributed by atoms with Crippen LogP contribution in [0.3, 0.4) is 0 Å². The number of urea groups is 1. The van der Waals surface area contributed by atoms with Crippen LogP contribution < -0.4 is 4.74 Å². The van der Waals surface area contributed by atoms with Crippen molar-refractivity contribution < 1.29 is 14.3 Å².